The summed E-state index contributed by atoms with van der Waals surface area (Å²) in [5.41, 5.74) is 11.9. The molecule has 61 heavy (non-hydrogen) atoms. The number of oxazole rings is 1. The number of benzene rings is 7. The molecule has 10 rings (SSSR count). The molecular weight excluding hydrogens is 770 g/mol. The Labute approximate surface area is 360 Å². The second-order valence-electron chi connectivity index (χ2n) is 16.5. The second kappa shape index (κ2) is 15.8. The van der Waals surface area contributed by atoms with Gasteiger partial charge in [-0.1, -0.05) is 129 Å². The predicted octanol–water partition coefficient (Wildman–Crippen LogP) is 14.6. The van der Waals surface area contributed by atoms with Crippen LogP contribution in [-0.2, 0) is 18.5 Å². The zero-order chi connectivity index (χ0) is 41.5. The summed E-state index contributed by atoms with van der Waals surface area (Å²) in [6, 6.07) is 63.4. The monoisotopic (exact) mass is 813 g/mol. The molecule has 0 aliphatic carbocycles. The van der Waals surface area contributed by atoms with Crippen molar-refractivity contribution < 1.29 is 4.42 Å². The zero-order valence-electron chi connectivity index (χ0n) is 34.3. The molecule has 3 heterocycles. The van der Waals surface area contributed by atoms with Crippen LogP contribution in [0.25, 0.3) is 50.2 Å². The minimum Gasteiger partial charge on any atom is -0.436 e. The predicted molar refractivity (Wildman–Crippen MR) is 253 cm³/mol. The summed E-state index contributed by atoms with van der Waals surface area (Å²) in [7, 11) is 0. The molecule has 0 saturated carbocycles. The van der Waals surface area contributed by atoms with Gasteiger partial charge in [0.15, 0.2) is 5.58 Å². The number of halogens is 1. The molecule has 0 atom stereocenters. The fourth-order valence-electron chi connectivity index (χ4n) is 8.22. The van der Waals surface area contributed by atoms with E-state index < -0.39 is 0 Å². The minimum absolute atomic E-state index is 0.193. The standard InChI is InChI=1S/C54H44ClN5O/c1-54(2,3)40-32-48(58(35-37-16-6-4-7-17-37)41-27-25-39(26-28-41)53-57-45-21-11-13-23-50(45)61-53)52(55)49(33-40)59(36-38-18-8-5-9-19-38)42-29-30-47-44(34-42)43-20-10-12-22-46(43)60(47)51-24-14-15-31-56-51/h4-34H,35-36H2,1-3H3. The van der Waals surface area contributed by atoms with Gasteiger partial charge in [-0.3, -0.25) is 4.57 Å². The van der Waals surface area contributed by atoms with Crippen LogP contribution in [0.15, 0.2) is 193 Å². The molecule has 0 aliphatic heterocycles. The van der Waals surface area contributed by atoms with E-state index in [1.54, 1.807) is 0 Å². The Bertz CT molecular complexity index is 3100. The van der Waals surface area contributed by atoms with Crippen LogP contribution in [0, 0.1) is 0 Å². The molecule has 0 spiro atoms. The summed E-state index contributed by atoms with van der Waals surface area (Å²) in [5.74, 6) is 1.47. The van der Waals surface area contributed by atoms with Gasteiger partial charge in [-0.05, 0) is 107 Å². The fraction of sp³-hybridized carbons (Fsp3) is 0.111. The van der Waals surface area contributed by atoms with E-state index in [4.69, 9.17) is 26.0 Å². The first kappa shape index (κ1) is 38.1. The molecule has 0 radical (unpaired) electrons. The summed E-state index contributed by atoms with van der Waals surface area (Å²) >= 11 is 7.90. The first-order chi connectivity index (χ1) is 29.8. The average molecular weight is 814 g/mol. The summed E-state index contributed by atoms with van der Waals surface area (Å²) in [6.07, 6.45) is 1.85. The molecule has 0 N–H and O–H groups in total. The van der Waals surface area contributed by atoms with Crippen molar-refractivity contribution >= 4 is 67.3 Å². The van der Waals surface area contributed by atoms with E-state index in [0.29, 0.717) is 24.0 Å². The van der Waals surface area contributed by atoms with Crippen LogP contribution in [0.2, 0.25) is 5.02 Å². The van der Waals surface area contributed by atoms with Gasteiger partial charge in [0.05, 0.1) is 27.4 Å². The Balaban J connectivity index is 1.15. The highest BCUT2D eigenvalue weighted by atomic mass is 35.5. The van der Waals surface area contributed by atoms with E-state index in [1.165, 1.54) is 16.7 Å². The highest BCUT2D eigenvalue weighted by Crippen LogP contribution is 2.46. The maximum Gasteiger partial charge on any atom is 0.227 e. The number of pyridine rings is 1. The van der Waals surface area contributed by atoms with Gasteiger partial charge in [0.1, 0.15) is 11.3 Å². The van der Waals surface area contributed by atoms with Crippen LogP contribution < -0.4 is 9.80 Å². The number of hydrogen-bond donors (Lipinski definition) is 0. The van der Waals surface area contributed by atoms with Gasteiger partial charge in [-0.2, -0.15) is 0 Å². The first-order valence-corrected chi connectivity index (χ1v) is 21.0. The van der Waals surface area contributed by atoms with Crippen molar-refractivity contribution in [3.8, 4) is 17.3 Å². The van der Waals surface area contributed by atoms with E-state index >= 15 is 0 Å². The molecule has 0 bridgehead atoms. The third-order valence-corrected chi connectivity index (χ3v) is 11.8. The number of aromatic nitrogens is 3. The molecule has 0 saturated heterocycles. The summed E-state index contributed by atoms with van der Waals surface area (Å²) < 4.78 is 8.41. The zero-order valence-corrected chi connectivity index (χ0v) is 35.1. The van der Waals surface area contributed by atoms with Crippen molar-refractivity contribution in [1.29, 1.82) is 0 Å². The highest BCUT2D eigenvalue weighted by Gasteiger charge is 2.27. The van der Waals surface area contributed by atoms with Crippen LogP contribution in [0.5, 0.6) is 0 Å². The average Bonchev–Trinajstić information content (AvgIpc) is 3.88. The largest absolute Gasteiger partial charge is 0.436 e. The molecule has 10 aromatic rings. The number of nitrogens with zero attached hydrogens (tertiary/aromatic N) is 5. The van der Waals surface area contributed by atoms with Crippen LogP contribution in [0.4, 0.5) is 22.7 Å². The van der Waals surface area contributed by atoms with Gasteiger partial charge in [-0.25, -0.2) is 9.97 Å². The van der Waals surface area contributed by atoms with Crippen molar-refractivity contribution in [3.05, 3.63) is 210 Å². The Morgan fingerprint density at radius 1 is 0.574 bits per heavy atom. The molecule has 0 unspecified atom stereocenters. The summed E-state index contributed by atoms with van der Waals surface area (Å²) in [4.78, 5) is 14.2. The fourth-order valence-corrected chi connectivity index (χ4v) is 8.54. The van der Waals surface area contributed by atoms with Crippen molar-refractivity contribution in [2.45, 2.75) is 39.3 Å². The summed E-state index contributed by atoms with van der Waals surface area (Å²) in [5, 5.41) is 2.97. The molecule has 6 nitrogen and oxygen atoms in total. The van der Waals surface area contributed by atoms with Crippen molar-refractivity contribution in [2.24, 2.45) is 0 Å². The van der Waals surface area contributed by atoms with Crippen LogP contribution in [-0.4, -0.2) is 14.5 Å². The lowest BCUT2D eigenvalue weighted by Crippen LogP contribution is -2.22. The van der Waals surface area contributed by atoms with Gasteiger partial charge < -0.3 is 14.2 Å². The third kappa shape index (κ3) is 7.40. The minimum atomic E-state index is -0.193. The lowest BCUT2D eigenvalue weighted by atomic mass is 9.86. The molecule has 7 heteroatoms. The molecule has 3 aromatic heterocycles. The molecule has 0 amide bonds. The molecule has 0 aliphatic rings. The number of anilines is 4. The summed E-state index contributed by atoms with van der Waals surface area (Å²) in [6.45, 7) is 8.00. The van der Waals surface area contributed by atoms with Gasteiger partial charge in [0.2, 0.25) is 5.89 Å². The Morgan fingerprint density at radius 2 is 1.16 bits per heavy atom. The first-order valence-electron chi connectivity index (χ1n) is 20.7. The number of hydrogen-bond acceptors (Lipinski definition) is 5. The second-order valence-corrected chi connectivity index (χ2v) is 16.9. The SMILES string of the molecule is CC(C)(C)c1cc(N(Cc2ccccc2)c2ccc(-c3nc4ccccc4o3)cc2)c(Cl)c(N(Cc2ccccc2)c2ccc3c(c2)c2ccccc2n3-c2ccccn2)c1. The van der Waals surface area contributed by atoms with Crippen molar-refractivity contribution in [3.63, 3.8) is 0 Å². The van der Waals surface area contributed by atoms with E-state index in [2.05, 4.69) is 181 Å². The van der Waals surface area contributed by atoms with Crippen LogP contribution in [0.3, 0.4) is 0 Å². The molecular formula is C54H44ClN5O. The maximum atomic E-state index is 7.90. The number of rotatable bonds is 10. The van der Waals surface area contributed by atoms with E-state index in [0.717, 1.165) is 67.0 Å². The topological polar surface area (TPSA) is 50.3 Å². The highest BCUT2D eigenvalue weighted by molar-refractivity contribution is 6.36. The van der Waals surface area contributed by atoms with Crippen molar-refractivity contribution in [1.82, 2.24) is 14.5 Å². The van der Waals surface area contributed by atoms with E-state index in [-0.39, 0.29) is 5.41 Å². The normalized spacial score (nSPS) is 11.7. The van der Waals surface area contributed by atoms with Gasteiger partial charge in [0.25, 0.3) is 0 Å². The van der Waals surface area contributed by atoms with Crippen molar-refractivity contribution in [2.75, 3.05) is 9.80 Å². The Morgan fingerprint density at radius 3 is 1.82 bits per heavy atom. The van der Waals surface area contributed by atoms with Crippen LogP contribution >= 0.6 is 11.6 Å². The smallest absolute Gasteiger partial charge is 0.227 e. The molecule has 298 valence electrons. The maximum absolute atomic E-state index is 7.90. The number of para-hydroxylation sites is 3. The Hall–Kier alpha value is -7.15. The van der Waals surface area contributed by atoms with Gasteiger partial charge in [-0.15, -0.1) is 0 Å². The van der Waals surface area contributed by atoms with E-state index in [1.807, 2.05) is 42.6 Å². The molecule has 0 fully saturated rings. The van der Waals surface area contributed by atoms with Gasteiger partial charge >= 0.3 is 0 Å². The third-order valence-electron chi connectivity index (χ3n) is 11.4. The van der Waals surface area contributed by atoms with Crippen LogP contribution in [0.1, 0.15) is 37.5 Å². The van der Waals surface area contributed by atoms with E-state index in [9.17, 15) is 0 Å². The lowest BCUT2D eigenvalue weighted by molar-refractivity contribution is 0.590. The quantitative estimate of drug-likeness (QED) is 0.138. The lowest BCUT2D eigenvalue weighted by Gasteiger charge is -2.33. The molecule has 7 aromatic carbocycles. The number of fused-ring (bicyclic) bond motifs is 4. The van der Waals surface area contributed by atoms with Gasteiger partial charge in [0, 0.05) is 47.0 Å². The Kier molecular flexibility index (Phi) is 9.86.